The zero-order valence-electron chi connectivity index (χ0n) is 16.3. The minimum atomic E-state index is -0.715. The molecule has 0 saturated carbocycles. The minimum Gasteiger partial charge on any atom is -0.495 e. The molecule has 0 fully saturated rings. The summed E-state index contributed by atoms with van der Waals surface area (Å²) >= 11 is 6.11. The molecule has 0 aliphatic carbocycles. The van der Waals surface area contributed by atoms with E-state index in [0.717, 1.165) is 5.69 Å². The van der Waals surface area contributed by atoms with Crippen molar-refractivity contribution in [3.05, 3.63) is 41.4 Å². The molecule has 0 radical (unpaired) electrons. The van der Waals surface area contributed by atoms with Gasteiger partial charge in [-0.1, -0.05) is 23.7 Å². The number of ether oxygens (including phenoxy) is 3. The Morgan fingerprint density at radius 1 is 1.21 bits per heavy atom. The first kappa shape index (κ1) is 20.6. The summed E-state index contributed by atoms with van der Waals surface area (Å²) in [6.45, 7) is 0.257. The first-order valence-corrected chi connectivity index (χ1v) is 9.28. The molecule has 0 saturated heterocycles. The lowest BCUT2D eigenvalue weighted by molar-refractivity contribution is -0.127. The van der Waals surface area contributed by atoms with Crippen molar-refractivity contribution < 1.29 is 23.8 Å². The highest BCUT2D eigenvalue weighted by Crippen LogP contribution is 2.36. The fourth-order valence-corrected chi connectivity index (χ4v) is 3.31. The molecule has 1 atom stereocenters. The summed E-state index contributed by atoms with van der Waals surface area (Å²) in [5.74, 6) is 0.828. The number of carbonyl (C=O) groups is 2. The van der Waals surface area contributed by atoms with Gasteiger partial charge in [0.15, 0.2) is 6.10 Å². The number of carbonyl (C=O) groups excluding carboxylic acids is 2. The topological polar surface area (TPSA) is 89.1 Å². The van der Waals surface area contributed by atoms with Gasteiger partial charge < -0.3 is 29.7 Å². The molecule has 0 aromatic heterocycles. The SMILES string of the molecule is CNC(=O)C1CN(CC(=O)Nc2cc(OC)c(Cl)cc2OC)c2ccccc2O1. The van der Waals surface area contributed by atoms with Crippen LogP contribution in [-0.4, -0.2) is 52.3 Å². The molecule has 1 aliphatic rings. The summed E-state index contributed by atoms with van der Waals surface area (Å²) in [6.07, 6.45) is -0.715. The number of hydrogen-bond acceptors (Lipinski definition) is 6. The van der Waals surface area contributed by atoms with Gasteiger partial charge in [0.1, 0.15) is 17.2 Å². The average molecular weight is 420 g/mol. The van der Waals surface area contributed by atoms with Crippen LogP contribution in [0, 0.1) is 0 Å². The number of anilines is 2. The van der Waals surface area contributed by atoms with Gasteiger partial charge in [-0.25, -0.2) is 0 Å². The number of para-hydroxylation sites is 2. The minimum absolute atomic E-state index is 0.0158. The quantitative estimate of drug-likeness (QED) is 0.747. The van der Waals surface area contributed by atoms with Crippen LogP contribution in [0.4, 0.5) is 11.4 Å². The second-order valence-electron chi connectivity index (χ2n) is 6.30. The Kier molecular flexibility index (Phi) is 6.33. The third kappa shape index (κ3) is 4.48. The van der Waals surface area contributed by atoms with Crippen LogP contribution in [0.15, 0.2) is 36.4 Å². The molecule has 2 aromatic rings. The summed E-state index contributed by atoms with van der Waals surface area (Å²) in [7, 11) is 4.52. The smallest absolute Gasteiger partial charge is 0.262 e. The van der Waals surface area contributed by atoms with E-state index in [1.54, 1.807) is 30.1 Å². The van der Waals surface area contributed by atoms with Gasteiger partial charge in [0.25, 0.3) is 5.91 Å². The Morgan fingerprint density at radius 2 is 1.93 bits per heavy atom. The number of benzene rings is 2. The molecule has 0 bridgehead atoms. The van der Waals surface area contributed by atoms with E-state index in [9.17, 15) is 9.59 Å². The van der Waals surface area contributed by atoms with Crippen molar-refractivity contribution in [1.29, 1.82) is 0 Å². The molecule has 29 heavy (non-hydrogen) atoms. The lowest BCUT2D eigenvalue weighted by Crippen LogP contribution is -2.50. The highest BCUT2D eigenvalue weighted by molar-refractivity contribution is 6.32. The van der Waals surface area contributed by atoms with E-state index in [4.69, 9.17) is 25.8 Å². The number of likely N-dealkylation sites (N-methyl/N-ethyl adjacent to an activating group) is 1. The maximum Gasteiger partial charge on any atom is 0.262 e. The van der Waals surface area contributed by atoms with Crippen molar-refractivity contribution in [3.8, 4) is 17.2 Å². The standard InChI is InChI=1S/C20H22ClN3O5/c1-22-20(26)18-10-24(14-6-4-5-7-15(14)29-18)11-19(25)23-13-9-16(27-2)12(21)8-17(13)28-3/h4-9,18H,10-11H2,1-3H3,(H,22,26)(H,23,25). The van der Waals surface area contributed by atoms with Crippen LogP contribution in [0.5, 0.6) is 17.2 Å². The fraction of sp³-hybridized carbons (Fsp3) is 0.300. The molecule has 2 aromatic carbocycles. The second kappa shape index (κ2) is 8.91. The Morgan fingerprint density at radius 3 is 2.62 bits per heavy atom. The maximum absolute atomic E-state index is 12.8. The van der Waals surface area contributed by atoms with Crippen LogP contribution in [0.3, 0.4) is 0 Å². The number of rotatable bonds is 6. The van der Waals surface area contributed by atoms with Crippen LogP contribution in [-0.2, 0) is 9.59 Å². The van der Waals surface area contributed by atoms with Gasteiger partial charge in [-0.3, -0.25) is 9.59 Å². The van der Waals surface area contributed by atoms with Crippen molar-refractivity contribution in [3.63, 3.8) is 0 Å². The van der Waals surface area contributed by atoms with E-state index in [-0.39, 0.29) is 24.9 Å². The van der Waals surface area contributed by atoms with Crippen LogP contribution in [0.1, 0.15) is 0 Å². The van der Waals surface area contributed by atoms with Crippen molar-refractivity contribution in [2.75, 3.05) is 44.6 Å². The van der Waals surface area contributed by atoms with Crippen molar-refractivity contribution >= 4 is 34.8 Å². The van der Waals surface area contributed by atoms with Gasteiger partial charge in [-0.15, -0.1) is 0 Å². The Hall–Kier alpha value is -3.13. The van der Waals surface area contributed by atoms with Gasteiger partial charge in [0, 0.05) is 19.2 Å². The van der Waals surface area contributed by atoms with Crippen LogP contribution >= 0.6 is 11.6 Å². The maximum atomic E-state index is 12.8. The fourth-order valence-electron chi connectivity index (χ4n) is 3.08. The molecular weight excluding hydrogens is 398 g/mol. The summed E-state index contributed by atoms with van der Waals surface area (Å²) in [5, 5.41) is 5.77. The van der Waals surface area contributed by atoms with Crippen LogP contribution < -0.4 is 29.7 Å². The molecule has 8 nitrogen and oxygen atoms in total. The van der Waals surface area contributed by atoms with Crippen LogP contribution in [0.2, 0.25) is 5.02 Å². The summed E-state index contributed by atoms with van der Waals surface area (Å²) in [5.41, 5.74) is 1.17. The Labute approximate surface area is 173 Å². The predicted octanol–water partition coefficient (Wildman–Crippen LogP) is 2.31. The molecule has 3 rings (SSSR count). The number of methoxy groups -OCH3 is 2. The highest BCUT2D eigenvalue weighted by Gasteiger charge is 2.31. The van der Waals surface area contributed by atoms with Gasteiger partial charge in [-0.05, 0) is 12.1 Å². The van der Waals surface area contributed by atoms with Gasteiger partial charge >= 0.3 is 0 Å². The Balaban J connectivity index is 1.80. The number of nitrogens with one attached hydrogen (secondary N) is 2. The summed E-state index contributed by atoms with van der Waals surface area (Å²) < 4.78 is 16.3. The summed E-state index contributed by atoms with van der Waals surface area (Å²) in [4.78, 5) is 26.6. The average Bonchev–Trinajstić information content (AvgIpc) is 2.73. The second-order valence-corrected chi connectivity index (χ2v) is 6.71. The first-order chi connectivity index (χ1) is 14.0. The van der Waals surface area contributed by atoms with Gasteiger partial charge in [-0.2, -0.15) is 0 Å². The van der Waals surface area contributed by atoms with Gasteiger partial charge in [0.05, 0.1) is 43.7 Å². The number of fused-ring (bicyclic) bond motifs is 1. The van der Waals surface area contributed by atoms with Gasteiger partial charge in [0.2, 0.25) is 5.91 Å². The van der Waals surface area contributed by atoms with E-state index in [1.807, 2.05) is 18.2 Å². The Bertz CT molecular complexity index is 921. The number of nitrogens with zero attached hydrogens (tertiary/aromatic N) is 1. The lowest BCUT2D eigenvalue weighted by atomic mass is 10.1. The molecule has 154 valence electrons. The zero-order valence-corrected chi connectivity index (χ0v) is 17.1. The molecule has 9 heteroatoms. The van der Waals surface area contributed by atoms with Crippen molar-refractivity contribution in [2.24, 2.45) is 0 Å². The first-order valence-electron chi connectivity index (χ1n) is 8.90. The third-order valence-corrected chi connectivity index (χ3v) is 4.78. The van der Waals surface area contributed by atoms with E-state index >= 15 is 0 Å². The summed E-state index contributed by atoms with van der Waals surface area (Å²) in [6, 6.07) is 10.4. The normalized spacial score (nSPS) is 15.0. The molecule has 0 spiro atoms. The van der Waals surface area contributed by atoms with Crippen molar-refractivity contribution in [1.82, 2.24) is 5.32 Å². The number of amides is 2. The lowest BCUT2D eigenvalue weighted by Gasteiger charge is -2.35. The predicted molar refractivity (Wildman–Crippen MR) is 110 cm³/mol. The molecular formula is C20H22ClN3O5. The molecule has 1 unspecified atom stereocenters. The highest BCUT2D eigenvalue weighted by atomic mass is 35.5. The molecule has 2 amide bonds. The number of halogens is 1. The molecule has 2 N–H and O–H groups in total. The van der Waals surface area contributed by atoms with Crippen LogP contribution in [0.25, 0.3) is 0 Å². The largest absolute Gasteiger partial charge is 0.495 e. The van der Waals surface area contributed by atoms with Crippen molar-refractivity contribution in [2.45, 2.75) is 6.10 Å². The zero-order chi connectivity index (χ0) is 21.0. The van der Waals surface area contributed by atoms with E-state index in [1.165, 1.54) is 14.2 Å². The number of hydrogen-bond donors (Lipinski definition) is 2. The third-order valence-electron chi connectivity index (χ3n) is 4.48. The van der Waals surface area contributed by atoms with E-state index in [0.29, 0.717) is 28.0 Å². The molecule has 1 aliphatic heterocycles. The van der Waals surface area contributed by atoms with E-state index in [2.05, 4.69) is 10.6 Å². The molecule has 1 heterocycles. The monoisotopic (exact) mass is 419 g/mol. The van der Waals surface area contributed by atoms with E-state index < -0.39 is 6.10 Å².